The Morgan fingerprint density at radius 2 is 1.76 bits per heavy atom. The molecule has 0 amide bonds. The highest BCUT2D eigenvalue weighted by Crippen LogP contribution is 2.24. The normalized spacial score (nSPS) is 25.8. The second-order valence-electron chi connectivity index (χ2n) is 5.52. The van der Waals surface area contributed by atoms with E-state index in [0.717, 1.165) is 18.0 Å². The highest BCUT2D eigenvalue weighted by atomic mass is 15.2. The molecular weight excluding hydrogens is 208 g/mol. The highest BCUT2D eigenvalue weighted by Gasteiger charge is 2.28. The molecule has 1 N–H and O–H groups in total. The lowest BCUT2D eigenvalue weighted by Crippen LogP contribution is -2.51. The molecule has 1 aliphatic carbocycles. The molecule has 102 valence electrons. The van der Waals surface area contributed by atoms with Gasteiger partial charge in [-0.3, -0.25) is 4.90 Å². The Labute approximate surface area is 108 Å². The maximum atomic E-state index is 3.54. The number of likely N-dealkylation sites (N-methyl/N-ethyl adjacent to an activating group) is 2. The summed E-state index contributed by atoms with van der Waals surface area (Å²) >= 11 is 0. The van der Waals surface area contributed by atoms with E-state index in [2.05, 4.69) is 38.0 Å². The van der Waals surface area contributed by atoms with E-state index in [9.17, 15) is 0 Å². The van der Waals surface area contributed by atoms with Gasteiger partial charge in [0.25, 0.3) is 0 Å². The van der Waals surface area contributed by atoms with Crippen LogP contribution in [0, 0.1) is 5.92 Å². The maximum Gasteiger partial charge on any atom is 0.0249 e. The van der Waals surface area contributed by atoms with Crippen LogP contribution in [-0.2, 0) is 0 Å². The zero-order valence-corrected chi connectivity index (χ0v) is 12.3. The van der Waals surface area contributed by atoms with E-state index >= 15 is 0 Å². The third kappa shape index (κ3) is 4.26. The average Bonchev–Trinajstić information content (AvgIpc) is 2.40. The zero-order chi connectivity index (χ0) is 12.7. The smallest absolute Gasteiger partial charge is 0.0249 e. The summed E-state index contributed by atoms with van der Waals surface area (Å²) in [5.41, 5.74) is 0. The zero-order valence-electron chi connectivity index (χ0n) is 12.3. The predicted molar refractivity (Wildman–Crippen MR) is 76.4 cm³/mol. The fourth-order valence-electron chi connectivity index (χ4n) is 3.26. The largest absolute Gasteiger partial charge is 0.315 e. The van der Waals surface area contributed by atoms with Crippen LogP contribution in [0.3, 0.4) is 0 Å². The molecule has 0 aliphatic heterocycles. The molecule has 0 spiro atoms. The summed E-state index contributed by atoms with van der Waals surface area (Å²) in [4.78, 5) is 2.73. The summed E-state index contributed by atoms with van der Waals surface area (Å²) in [7, 11) is 2.13. The molecule has 2 atom stereocenters. The Kier molecular flexibility index (Phi) is 7.14. The number of hydrogen-bond donors (Lipinski definition) is 1. The van der Waals surface area contributed by atoms with Crippen molar-refractivity contribution < 1.29 is 0 Å². The van der Waals surface area contributed by atoms with E-state index in [4.69, 9.17) is 0 Å². The van der Waals surface area contributed by atoms with Crippen molar-refractivity contribution in [2.45, 2.75) is 71.4 Å². The van der Waals surface area contributed by atoms with Crippen LogP contribution in [0.25, 0.3) is 0 Å². The van der Waals surface area contributed by atoms with Gasteiger partial charge in [-0.2, -0.15) is 0 Å². The van der Waals surface area contributed by atoms with Gasteiger partial charge in [0.15, 0.2) is 0 Å². The lowest BCUT2D eigenvalue weighted by atomic mass is 9.88. The topological polar surface area (TPSA) is 15.3 Å². The maximum absolute atomic E-state index is 3.54. The minimum absolute atomic E-state index is 0.720. The van der Waals surface area contributed by atoms with Crippen LogP contribution in [0.4, 0.5) is 0 Å². The van der Waals surface area contributed by atoms with Crippen LogP contribution in [0.1, 0.15) is 59.3 Å². The van der Waals surface area contributed by atoms with Crippen molar-refractivity contribution in [3.05, 3.63) is 0 Å². The third-order valence-electron chi connectivity index (χ3n) is 4.62. The van der Waals surface area contributed by atoms with Crippen LogP contribution in [-0.4, -0.2) is 37.1 Å². The van der Waals surface area contributed by atoms with Crippen LogP contribution in [0.2, 0.25) is 0 Å². The van der Waals surface area contributed by atoms with Crippen LogP contribution < -0.4 is 5.32 Å². The predicted octanol–water partition coefficient (Wildman–Crippen LogP) is 3.28. The second-order valence-corrected chi connectivity index (χ2v) is 5.52. The van der Waals surface area contributed by atoms with Crippen LogP contribution in [0.5, 0.6) is 0 Å². The quantitative estimate of drug-likeness (QED) is 0.735. The van der Waals surface area contributed by atoms with E-state index in [1.807, 2.05) is 0 Å². The molecule has 0 radical (unpaired) electrons. The molecule has 2 heteroatoms. The van der Waals surface area contributed by atoms with Crippen molar-refractivity contribution >= 4 is 0 Å². The number of nitrogens with zero attached hydrogens (tertiary/aromatic N) is 1. The van der Waals surface area contributed by atoms with Crippen LogP contribution >= 0.6 is 0 Å². The molecule has 0 aromatic carbocycles. The lowest BCUT2D eigenvalue weighted by Gasteiger charge is -2.41. The van der Waals surface area contributed by atoms with E-state index in [-0.39, 0.29) is 0 Å². The van der Waals surface area contributed by atoms with Gasteiger partial charge in [0.2, 0.25) is 0 Å². The SMILES string of the molecule is CCC(CC)CN(CC)C1CCCCC1NC. The second kappa shape index (κ2) is 8.10. The first-order valence-electron chi connectivity index (χ1n) is 7.68. The first-order valence-corrected chi connectivity index (χ1v) is 7.68. The van der Waals surface area contributed by atoms with Gasteiger partial charge in [0.05, 0.1) is 0 Å². The molecule has 2 nitrogen and oxygen atoms in total. The first-order chi connectivity index (χ1) is 8.26. The van der Waals surface area contributed by atoms with Crippen molar-refractivity contribution in [3.63, 3.8) is 0 Å². The van der Waals surface area contributed by atoms with Crippen molar-refractivity contribution in [2.75, 3.05) is 20.1 Å². The van der Waals surface area contributed by atoms with Gasteiger partial charge in [-0.25, -0.2) is 0 Å². The van der Waals surface area contributed by atoms with Crippen molar-refractivity contribution in [2.24, 2.45) is 5.92 Å². The van der Waals surface area contributed by atoms with Gasteiger partial charge in [-0.15, -0.1) is 0 Å². The highest BCUT2D eigenvalue weighted by molar-refractivity contribution is 4.87. The summed E-state index contributed by atoms with van der Waals surface area (Å²) in [5, 5.41) is 3.54. The molecule has 1 saturated carbocycles. The van der Waals surface area contributed by atoms with E-state index in [1.54, 1.807) is 0 Å². The number of rotatable bonds is 7. The molecule has 0 aromatic heterocycles. The van der Waals surface area contributed by atoms with Crippen molar-refractivity contribution in [1.29, 1.82) is 0 Å². The number of nitrogens with one attached hydrogen (secondary N) is 1. The molecule has 0 aromatic rings. The molecular formula is C15H32N2. The summed E-state index contributed by atoms with van der Waals surface area (Å²) in [6.45, 7) is 9.49. The minimum atomic E-state index is 0.720. The Morgan fingerprint density at radius 3 is 2.29 bits per heavy atom. The monoisotopic (exact) mass is 240 g/mol. The fraction of sp³-hybridized carbons (Fsp3) is 1.00. The summed E-state index contributed by atoms with van der Waals surface area (Å²) in [6, 6.07) is 1.50. The summed E-state index contributed by atoms with van der Waals surface area (Å²) < 4.78 is 0. The molecule has 17 heavy (non-hydrogen) atoms. The number of hydrogen-bond acceptors (Lipinski definition) is 2. The molecule has 1 rings (SSSR count). The van der Waals surface area contributed by atoms with Crippen molar-refractivity contribution in [1.82, 2.24) is 10.2 Å². The Morgan fingerprint density at radius 1 is 1.12 bits per heavy atom. The molecule has 1 fully saturated rings. The Hall–Kier alpha value is -0.0800. The van der Waals surface area contributed by atoms with Gasteiger partial charge < -0.3 is 5.32 Å². The van der Waals surface area contributed by atoms with Gasteiger partial charge >= 0.3 is 0 Å². The van der Waals surface area contributed by atoms with Gasteiger partial charge in [-0.1, -0.05) is 46.5 Å². The minimum Gasteiger partial charge on any atom is -0.315 e. The van der Waals surface area contributed by atoms with Gasteiger partial charge in [0, 0.05) is 18.6 Å². The molecule has 0 saturated heterocycles. The van der Waals surface area contributed by atoms with E-state index in [1.165, 1.54) is 51.6 Å². The van der Waals surface area contributed by atoms with Gasteiger partial charge in [0.1, 0.15) is 0 Å². The van der Waals surface area contributed by atoms with Crippen LogP contribution in [0.15, 0.2) is 0 Å². The fourth-order valence-corrected chi connectivity index (χ4v) is 3.26. The molecule has 0 heterocycles. The van der Waals surface area contributed by atoms with Gasteiger partial charge in [-0.05, 0) is 32.4 Å². The van der Waals surface area contributed by atoms with E-state index in [0.29, 0.717) is 0 Å². The van der Waals surface area contributed by atoms with E-state index < -0.39 is 0 Å². The summed E-state index contributed by atoms with van der Waals surface area (Å²) in [5.74, 6) is 0.884. The Bertz CT molecular complexity index is 189. The summed E-state index contributed by atoms with van der Waals surface area (Å²) in [6.07, 6.45) is 8.22. The standard InChI is InChI=1S/C15H32N2/c1-5-13(6-2)12-17(7-3)15-11-9-8-10-14(15)16-4/h13-16H,5-12H2,1-4H3. The average molecular weight is 240 g/mol. The molecule has 1 aliphatic rings. The molecule has 0 bridgehead atoms. The third-order valence-corrected chi connectivity index (χ3v) is 4.62. The molecule has 2 unspecified atom stereocenters. The van der Waals surface area contributed by atoms with Crippen molar-refractivity contribution in [3.8, 4) is 0 Å². The first kappa shape index (κ1) is 15.0. The lowest BCUT2D eigenvalue weighted by molar-refractivity contribution is 0.110. The Balaban J connectivity index is 2.57.